The van der Waals surface area contributed by atoms with Gasteiger partial charge in [0.2, 0.25) is 0 Å². The van der Waals surface area contributed by atoms with E-state index in [1.54, 1.807) is 6.92 Å². The van der Waals surface area contributed by atoms with Gasteiger partial charge in [0.05, 0.1) is 5.69 Å². The summed E-state index contributed by atoms with van der Waals surface area (Å²) < 4.78 is 0. The summed E-state index contributed by atoms with van der Waals surface area (Å²) in [7, 11) is 0. The summed E-state index contributed by atoms with van der Waals surface area (Å²) in [5, 5.41) is 9.52. The largest absolute Gasteiger partial charge is 0.507 e. The molecule has 3 nitrogen and oxygen atoms in total. The van der Waals surface area contributed by atoms with Crippen LogP contribution in [0.4, 0.5) is 0 Å². The van der Waals surface area contributed by atoms with Crippen LogP contribution in [0.5, 0.6) is 5.75 Å². The second-order valence-corrected chi connectivity index (χ2v) is 3.38. The van der Waals surface area contributed by atoms with E-state index in [1.807, 2.05) is 30.3 Å². The topological polar surface area (TPSA) is 53.1 Å². The Bertz CT molecular complexity index is 529. The van der Waals surface area contributed by atoms with Crippen LogP contribution >= 0.6 is 0 Å². The molecule has 2 N–H and O–H groups in total. The van der Waals surface area contributed by atoms with Gasteiger partial charge in [-0.1, -0.05) is 30.3 Å². The summed E-state index contributed by atoms with van der Waals surface area (Å²) in [5.41, 5.74) is 1.95. The van der Waals surface area contributed by atoms with Crippen molar-refractivity contribution in [2.24, 2.45) is 0 Å². The van der Waals surface area contributed by atoms with Crippen molar-refractivity contribution >= 4 is 0 Å². The van der Waals surface area contributed by atoms with Gasteiger partial charge in [0.15, 0.2) is 0 Å². The molecule has 0 unspecified atom stereocenters. The molecule has 0 aliphatic rings. The molecule has 76 valence electrons. The zero-order valence-corrected chi connectivity index (χ0v) is 8.32. The lowest BCUT2D eigenvalue weighted by atomic mass is 10.1. The van der Waals surface area contributed by atoms with Crippen molar-refractivity contribution in [1.29, 1.82) is 0 Å². The van der Waals surface area contributed by atoms with Gasteiger partial charge in [-0.05, 0) is 12.5 Å². The normalized spacial score (nSPS) is 10.2. The summed E-state index contributed by atoms with van der Waals surface area (Å²) in [6.45, 7) is 1.77. The lowest BCUT2D eigenvalue weighted by Crippen LogP contribution is -2.06. The number of nitrogens with one attached hydrogen (secondary N) is 1. The highest BCUT2D eigenvalue weighted by molar-refractivity contribution is 5.64. The smallest absolute Gasteiger partial charge is 0.252 e. The molecule has 0 atom stereocenters. The molecule has 15 heavy (non-hydrogen) atoms. The average molecular weight is 201 g/mol. The Balaban J connectivity index is 2.68. The van der Waals surface area contributed by atoms with Gasteiger partial charge in [-0.3, -0.25) is 4.79 Å². The van der Waals surface area contributed by atoms with E-state index in [9.17, 15) is 9.90 Å². The maximum Gasteiger partial charge on any atom is 0.252 e. The van der Waals surface area contributed by atoms with Crippen LogP contribution in [0.1, 0.15) is 5.56 Å². The van der Waals surface area contributed by atoms with Crippen molar-refractivity contribution in [1.82, 2.24) is 4.98 Å². The number of pyridine rings is 1. The second kappa shape index (κ2) is 3.61. The van der Waals surface area contributed by atoms with Crippen molar-refractivity contribution < 1.29 is 5.11 Å². The Morgan fingerprint density at radius 3 is 2.53 bits per heavy atom. The van der Waals surface area contributed by atoms with Crippen molar-refractivity contribution in [2.75, 3.05) is 0 Å². The number of aromatic amines is 1. The van der Waals surface area contributed by atoms with Gasteiger partial charge >= 0.3 is 0 Å². The number of hydrogen-bond donors (Lipinski definition) is 2. The van der Waals surface area contributed by atoms with Crippen molar-refractivity contribution in [3.8, 4) is 17.0 Å². The fourth-order valence-corrected chi connectivity index (χ4v) is 1.51. The Hall–Kier alpha value is -2.03. The number of rotatable bonds is 1. The minimum absolute atomic E-state index is 0.0256. The number of aromatic hydroxyl groups is 1. The van der Waals surface area contributed by atoms with Crippen LogP contribution in [-0.4, -0.2) is 10.1 Å². The fourth-order valence-electron chi connectivity index (χ4n) is 1.51. The van der Waals surface area contributed by atoms with Crippen LogP contribution in [0.3, 0.4) is 0 Å². The van der Waals surface area contributed by atoms with E-state index in [1.165, 1.54) is 6.07 Å². The third kappa shape index (κ3) is 1.76. The average Bonchev–Trinajstić information content (AvgIpc) is 2.24. The monoisotopic (exact) mass is 201 g/mol. The van der Waals surface area contributed by atoms with Gasteiger partial charge in [-0.2, -0.15) is 0 Å². The zero-order valence-electron chi connectivity index (χ0n) is 8.32. The molecular weight excluding hydrogens is 190 g/mol. The van der Waals surface area contributed by atoms with E-state index < -0.39 is 0 Å². The van der Waals surface area contributed by atoms with Gasteiger partial charge in [-0.25, -0.2) is 0 Å². The molecule has 0 spiro atoms. The Labute approximate surface area is 87.0 Å². The van der Waals surface area contributed by atoms with Crippen molar-refractivity contribution in [3.05, 3.63) is 52.3 Å². The van der Waals surface area contributed by atoms with Crippen LogP contribution in [0, 0.1) is 6.92 Å². The van der Waals surface area contributed by atoms with E-state index in [4.69, 9.17) is 0 Å². The summed E-state index contributed by atoms with van der Waals surface area (Å²) in [4.78, 5) is 13.9. The third-order valence-corrected chi connectivity index (χ3v) is 2.34. The first-order chi connectivity index (χ1) is 7.18. The molecule has 2 aromatic rings. The highest BCUT2D eigenvalue weighted by Crippen LogP contribution is 2.24. The molecule has 2 rings (SSSR count). The van der Waals surface area contributed by atoms with E-state index in [2.05, 4.69) is 4.98 Å². The highest BCUT2D eigenvalue weighted by Gasteiger charge is 2.06. The molecule has 0 fully saturated rings. The van der Waals surface area contributed by atoms with E-state index in [0.29, 0.717) is 11.3 Å². The SMILES string of the molecule is Cc1c(O)cc(=O)[nH]c1-c1ccccc1. The number of H-pyrrole nitrogens is 1. The predicted molar refractivity (Wildman–Crippen MR) is 58.9 cm³/mol. The first kappa shape index (κ1) is 9.52. The number of hydrogen-bond acceptors (Lipinski definition) is 2. The van der Waals surface area contributed by atoms with E-state index in [0.717, 1.165) is 5.56 Å². The van der Waals surface area contributed by atoms with Gasteiger partial charge in [0, 0.05) is 11.6 Å². The second-order valence-electron chi connectivity index (χ2n) is 3.38. The summed E-state index contributed by atoms with van der Waals surface area (Å²) in [6.07, 6.45) is 0. The minimum Gasteiger partial charge on any atom is -0.507 e. The van der Waals surface area contributed by atoms with Crippen LogP contribution in [0.25, 0.3) is 11.3 Å². The van der Waals surface area contributed by atoms with Gasteiger partial charge in [0.1, 0.15) is 5.75 Å². The lowest BCUT2D eigenvalue weighted by Gasteiger charge is -2.06. The van der Waals surface area contributed by atoms with E-state index >= 15 is 0 Å². The predicted octanol–water partition coefficient (Wildman–Crippen LogP) is 2.06. The first-order valence-corrected chi connectivity index (χ1v) is 4.67. The molecule has 0 radical (unpaired) electrons. The molecule has 0 saturated carbocycles. The number of aromatic nitrogens is 1. The maximum absolute atomic E-state index is 11.2. The quantitative estimate of drug-likeness (QED) is 0.742. The molecule has 0 aliphatic heterocycles. The molecular formula is C12H11NO2. The van der Waals surface area contributed by atoms with Crippen molar-refractivity contribution in [3.63, 3.8) is 0 Å². The van der Waals surface area contributed by atoms with E-state index in [-0.39, 0.29) is 11.3 Å². The molecule has 0 saturated heterocycles. The van der Waals surface area contributed by atoms with Crippen LogP contribution in [0.2, 0.25) is 0 Å². The van der Waals surface area contributed by atoms with Gasteiger partial charge < -0.3 is 10.1 Å². The standard InChI is InChI=1S/C12H11NO2/c1-8-10(14)7-11(15)13-12(8)9-5-3-2-4-6-9/h2-7H,1H3,(H2,13,14,15). The molecule has 1 aromatic heterocycles. The first-order valence-electron chi connectivity index (χ1n) is 4.67. The molecule has 3 heteroatoms. The molecule has 0 bridgehead atoms. The summed E-state index contributed by atoms with van der Waals surface area (Å²) in [5.74, 6) is 0.0256. The minimum atomic E-state index is -0.294. The highest BCUT2D eigenvalue weighted by atomic mass is 16.3. The Morgan fingerprint density at radius 2 is 1.87 bits per heavy atom. The van der Waals surface area contributed by atoms with Crippen molar-refractivity contribution in [2.45, 2.75) is 6.92 Å². The maximum atomic E-state index is 11.2. The Kier molecular flexibility index (Phi) is 2.29. The van der Waals surface area contributed by atoms with Crippen LogP contribution in [0.15, 0.2) is 41.2 Å². The number of benzene rings is 1. The third-order valence-electron chi connectivity index (χ3n) is 2.34. The van der Waals surface area contributed by atoms with Gasteiger partial charge in [-0.15, -0.1) is 0 Å². The fraction of sp³-hybridized carbons (Fsp3) is 0.0833. The van der Waals surface area contributed by atoms with Crippen LogP contribution in [-0.2, 0) is 0 Å². The zero-order chi connectivity index (χ0) is 10.8. The van der Waals surface area contributed by atoms with Crippen LogP contribution < -0.4 is 5.56 Å². The molecule has 0 aliphatic carbocycles. The lowest BCUT2D eigenvalue weighted by molar-refractivity contribution is 0.470. The molecule has 1 heterocycles. The molecule has 0 amide bonds. The molecule has 1 aromatic carbocycles. The Morgan fingerprint density at radius 1 is 1.20 bits per heavy atom. The van der Waals surface area contributed by atoms with Gasteiger partial charge in [0.25, 0.3) is 5.56 Å². The summed E-state index contributed by atoms with van der Waals surface area (Å²) in [6, 6.07) is 10.6. The summed E-state index contributed by atoms with van der Waals surface area (Å²) >= 11 is 0.